The number of carbonyl (C=O) groups is 1. The molecule has 3 N–H and O–H groups in total. The number of aryl methyl sites for hydroxylation is 1. The van der Waals surface area contributed by atoms with Gasteiger partial charge in [-0.05, 0) is 69.8 Å². The zero-order chi connectivity index (χ0) is 27.4. The molecule has 5 rings (SSSR count). The molecule has 7 nitrogen and oxygen atoms in total. The highest BCUT2D eigenvalue weighted by Gasteiger charge is 2.53. The number of hydrogen-bond donors (Lipinski definition) is 2. The number of fused-ring (bicyclic) bond motifs is 2. The number of rotatable bonds is 4. The van der Waals surface area contributed by atoms with Crippen molar-refractivity contribution in [2.75, 3.05) is 36.1 Å². The molecule has 3 heterocycles. The van der Waals surface area contributed by atoms with Crippen LogP contribution in [0.1, 0.15) is 47.6 Å². The lowest BCUT2D eigenvalue weighted by molar-refractivity contribution is -0.137. The van der Waals surface area contributed by atoms with Crippen LogP contribution in [0.4, 0.5) is 34.8 Å². The summed E-state index contributed by atoms with van der Waals surface area (Å²) in [6.45, 7) is 4.49. The largest absolute Gasteiger partial charge is 0.416 e. The molecule has 200 valence electrons. The molecule has 3 aromatic rings. The van der Waals surface area contributed by atoms with Gasteiger partial charge in [0, 0.05) is 17.8 Å². The Morgan fingerprint density at radius 2 is 1.89 bits per heavy atom. The fraction of sp³-hybridized carbons (Fsp3) is 0.370. The van der Waals surface area contributed by atoms with Crippen molar-refractivity contribution in [3.63, 3.8) is 0 Å². The summed E-state index contributed by atoms with van der Waals surface area (Å²) < 4.78 is 55.2. The Kier molecular flexibility index (Phi) is 6.29. The normalized spacial score (nSPS) is 20.6. The third-order valence-corrected chi connectivity index (χ3v) is 7.30. The van der Waals surface area contributed by atoms with Gasteiger partial charge in [-0.2, -0.15) is 13.2 Å². The lowest BCUT2D eigenvalue weighted by atomic mass is 9.76. The number of benzene rings is 2. The van der Waals surface area contributed by atoms with Crippen molar-refractivity contribution >= 4 is 23.1 Å². The molecule has 0 aliphatic carbocycles. The molecule has 0 bridgehead atoms. The molecule has 11 heteroatoms. The van der Waals surface area contributed by atoms with Gasteiger partial charge >= 0.3 is 6.18 Å². The maximum atomic E-state index is 14.9. The van der Waals surface area contributed by atoms with Gasteiger partial charge in [-0.1, -0.05) is 12.1 Å². The van der Waals surface area contributed by atoms with Crippen molar-refractivity contribution in [1.29, 1.82) is 0 Å². The van der Waals surface area contributed by atoms with Crippen LogP contribution in [0.25, 0.3) is 0 Å². The first-order valence-electron chi connectivity index (χ1n) is 12.3. The van der Waals surface area contributed by atoms with Gasteiger partial charge in [0.05, 0.1) is 29.5 Å². The van der Waals surface area contributed by atoms with E-state index in [0.29, 0.717) is 48.0 Å². The summed E-state index contributed by atoms with van der Waals surface area (Å²) in [5.74, 6) is 0.0465. The molecular formula is C27H28F4N6O. The number of nitrogens with two attached hydrogens (primary N) is 1. The van der Waals surface area contributed by atoms with Gasteiger partial charge in [-0.25, -0.2) is 14.4 Å². The van der Waals surface area contributed by atoms with E-state index in [-0.39, 0.29) is 23.8 Å². The Labute approximate surface area is 217 Å². The third-order valence-electron chi connectivity index (χ3n) is 7.30. The summed E-state index contributed by atoms with van der Waals surface area (Å²) >= 11 is 0. The van der Waals surface area contributed by atoms with Gasteiger partial charge in [0.1, 0.15) is 22.9 Å². The molecule has 1 spiro atoms. The third kappa shape index (κ3) is 4.44. The van der Waals surface area contributed by atoms with E-state index >= 15 is 0 Å². The number of nitrogen functional groups attached to an aromatic ring is 1. The predicted octanol–water partition coefficient (Wildman–Crippen LogP) is 4.82. The van der Waals surface area contributed by atoms with Gasteiger partial charge in [0.15, 0.2) is 0 Å². The summed E-state index contributed by atoms with van der Waals surface area (Å²) in [5, 5.41) is 3.23. The molecule has 1 fully saturated rings. The average Bonchev–Trinajstić information content (AvgIpc) is 3.24. The van der Waals surface area contributed by atoms with Crippen LogP contribution in [0.2, 0.25) is 0 Å². The van der Waals surface area contributed by atoms with Crippen LogP contribution >= 0.6 is 0 Å². The minimum atomic E-state index is -4.55. The first-order valence-corrected chi connectivity index (χ1v) is 12.3. The van der Waals surface area contributed by atoms with Crippen LogP contribution < -0.4 is 16.0 Å². The monoisotopic (exact) mass is 528 g/mol. The zero-order valence-corrected chi connectivity index (χ0v) is 21.2. The Morgan fingerprint density at radius 3 is 2.55 bits per heavy atom. The van der Waals surface area contributed by atoms with E-state index in [4.69, 9.17) is 10.7 Å². The molecule has 1 amide bonds. The Morgan fingerprint density at radius 1 is 1.16 bits per heavy atom. The van der Waals surface area contributed by atoms with Gasteiger partial charge in [-0.3, -0.25) is 4.79 Å². The highest BCUT2D eigenvalue weighted by Crippen LogP contribution is 2.44. The summed E-state index contributed by atoms with van der Waals surface area (Å²) in [5.41, 5.74) is 5.61. The van der Waals surface area contributed by atoms with E-state index in [0.717, 1.165) is 12.1 Å². The second-order valence-corrected chi connectivity index (χ2v) is 10.1. The zero-order valence-electron chi connectivity index (χ0n) is 21.2. The second-order valence-electron chi connectivity index (χ2n) is 10.1. The predicted molar refractivity (Wildman–Crippen MR) is 136 cm³/mol. The molecule has 1 unspecified atom stereocenters. The van der Waals surface area contributed by atoms with Gasteiger partial charge in [0.25, 0.3) is 0 Å². The van der Waals surface area contributed by atoms with Crippen molar-refractivity contribution in [1.82, 2.24) is 14.9 Å². The van der Waals surface area contributed by atoms with Crippen LogP contribution in [0, 0.1) is 12.7 Å². The molecule has 2 aliphatic heterocycles. The summed E-state index contributed by atoms with van der Waals surface area (Å²) in [6.07, 6.45) is -4.05. The van der Waals surface area contributed by atoms with Gasteiger partial charge < -0.3 is 20.9 Å². The SMILES string of the molecule is Cc1nc(N[C@H](C)c2cc(N)cc(C(F)(F)F)c2)c2c(n1)C1(CCN(C)C1)C(=O)N(c1ccccc1F)C2. The lowest BCUT2D eigenvalue weighted by Crippen LogP contribution is -2.53. The topological polar surface area (TPSA) is 87.4 Å². The molecule has 1 saturated heterocycles. The number of aromatic nitrogens is 2. The Hall–Kier alpha value is -3.73. The number of nitrogens with one attached hydrogen (secondary N) is 1. The first-order chi connectivity index (χ1) is 17.9. The van der Waals surface area contributed by atoms with Gasteiger partial charge in [-0.15, -0.1) is 0 Å². The molecule has 0 saturated carbocycles. The van der Waals surface area contributed by atoms with E-state index in [2.05, 4.69) is 10.3 Å². The van der Waals surface area contributed by atoms with Crippen molar-refractivity contribution in [2.24, 2.45) is 0 Å². The number of likely N-dealkylation sites (tertiary alicyclic amines) is 1. The van der Waals surface area contributed by atoms with E-state index in [9.17, 15) is 22.4 Å². The number of anilines is 3. The second kappa shape index (κ2) is 9.23. The quantitative estimate of drug-likeness (QED) is 0.373. The number of likely N-dealkylation sites (N-methyl/N-ethyl adjacent to an activating group) is 1. The highest BCUT2D eigenvalue weighted by molar-refractivity contribution is 6.03. The van der Waals surface area contributed by atoms with E-state index in [1.165, 1.54) is 17.0 Å². The van der Waals surface area contributed by atoms with E-state index < -0.39 is 29.0 Å². The number of nitrogens with zero attached hydrogens (tertiary/aromatic N) is 4. The number of alkyl halides is 3. The van der Waals surface area contributed by atoms with E-state index in [1.54, 1.807) is 32.0 Å². The van der Waals surface area contributed by atoms with Crippen molar-refractivity contribution < 1.29 is 22.4 Å². The van der Waals surface area contributed by atoms with Gasteiger partial charge in [0.2, 0.25) is 5.91 Å². The average molecular weight is 529 g/mol. The molecule has 2 aliphatic rings. The van der Waals surface area contributed by atoms with Crippen LogP contribution in [-0.4, -0.2) is 40.9 Å². The molecule has 38 heavy (non-hydrogen) atoms. The van der Waals surface area contributed by atoms with Crippen LogP contribution in [-0.2, 0) is 22.9 Å². The smallest absolute Gasteiger partial charge is 0.399 e. The number of halogens is 4. The summed E-state index contributed by atoms with van der Waals surface area (Å²) in [4.78, 5) is 26.7. The molecule has 0 radical (unpaired) electrons. The minimum absolute atomic E-state index is 0.00589. The number of hydrogen-bond acceptors (Lipinski definition) is 6. The molecular weight excluding hydrogens is 500 g/mol. The molecule has 2 atom stereocenters. The van der Waals surface area contributed by atoms with Crippen molar-refractivity contribution in [3.05, 3.63) is 76.5 Å². The van der Waals surface area contributed by atoms with Crippen LogP contribution in [0.3, 0.4) is 0 Å². The van der Waals surface area contributed by atoms with E-state index in [1.807, 2.05) is 11.9 Å². The van der Waals surface area contributed by atoms with Crippen molar-refractivity contribution in [2.45, 2.75) is 44.4 Å². The summed E-state index contributed by atoms with van der Waals surface area (Å²) in [6, 6.07) is 8.90. The lowest BCUT2D eigenvalue weighted by Gasteiger charge is -2.41. The maximum absolute atomic E-state index is 14.9. The fourth-order valence-corrected chi connectivity index (χ4v) is 5.46. The Balaban J connectivity index is 1.61. The maximum Gasteiger partial charge on any atom is 0.416 e. The fourth-order valence-electron chi connectivity index (χ4n) is 5.46. The first kappa shape index (κ1) is 25.9. The highest BCUT2D eigenvalue weighted by atomic mass is 19.4. The van der Waals surface area contributed by atoms with Crippen LogP contribution in [0.15, 0.2) is 42.5 Å². The standard InChI is InChI=1S/C27H28F4N6O/c1-15(17-10-18(27(29,30)31)12-19(32)11-17)33-24-20-13-37(22-7-5-4-6-21(22)28)25(38)26(8-9-36(3)14-26)23(20)34-16(2)35-24/h4-7,10-12,15H,8-9,13-14,32H2,1-3H3,(H,33,34,35)/t15-,26?/m1/s1. The van der Waals surface area contributed by atoms with Crippen molar-refractivity contribution in [3.8, 4) is 0 Å². The number of para-hydroxylation sites is 1. The Bertz CT molecular complexity index is 1410. The molecule has 2 aromatic carbocycles. The molecule has 1 aromatic heterocycles. The van der Waals surface area contributed by atoms with Crippen LogP contribution in [0.5, 0.6) is 0 Å². The number of carbonyl (C=O) groups excluding carboxylic acids is 1. The minimum Gasteiger partial charge on any atom is -0.399 e. The number of amides is 1. The summed E-state index contributed by atoms with van der Waals surface area (Å²) in [7, 11) is 1.91.